The molecule has 0 saturated heterocycles. The van der Waals surface area contributed by atoms with Crippen LogP contribution >= 0.6 is 12.4 Å². The molecule has 0 saturated carbocycles. The summed E-state index contributed by atoms with van der Waals surface area (Å²) < 4.78 is 15.0. The molecular weight excluding hydrogens is 326 g/mol. The van der Waals surface area contributed by atoms with Crippen molar-refractivity contribution >= 4 is 24.3 Å². The number of nitrogens with one attached hydrogen (secondary N) is 1. The number of H-pyrrole nitrogens is 1. The Morgan fingerprint density at radius 1 is 1.26 bits per heavy atom. The maximum Gasteiger partial charge on any atom is 0.345 e. The maximum absolute atomic E-state index is 11.7. The van der Waals surface area contributed by atoms with Crippen LogP contribution in [0.4, 0.5) is 0 Å². The third kappa shape index (κ3) is 4.43. The molecule has 0 aliphatic rings. The van der Waals surface area contributed by atoms with Crippen LogP contribution in [0.3, 0.4) is 0 Å². The van der Waals surface area contributed by atoms with Gasteiger partial charge in [0, 0.05) is 6.20 Å². The van der Waals surface area contributed by atoms with Gasteiger partial charge in [0.2, 0.25) is 5.88 Å². The molecule has 2 aromatic rings. The van der Waals surface area contributed by atoms with Gasteiger partial charge in [-0.2, -0.15) is 5.10 Å². The third-order valence-electron chi connectivity index (χ3n) is 2.75. The Kier molecular flexibility index (Phi) is 7.01. The molecule has 23 heavy (non-hydrogen) atoms. The van der Waals surface area contributed by atoms with Crippen molar-refractivity contribution in [3.05, 3.63) is 41.3 Å². The molecule has 0 bridgehead atoms. The van der Waals surface area contributed by atoms with Gasteiger partial charge in [0.05, 0.1) is 31.2 Å². The van der Waals surface area contributed by atoms with Crippen LogP contribution in [0.2, 0.25) is 0 Å². The molecule has 2 aromatic heterocycles. The maximum atomic E-state index is 11.7. The molecular formula is C14H16ClN3O5. The largest absolute Gasteiger partial charge is 0.471 e. The van der Waals surface area contributed by atoms with Crippen LogP contribution in [-0.4, -0.2) is 40.8 Å². The van der Waals surface area contributed by atoms with E-state index in [9.17, 15) is 9.59 Å². The minimum Gasteiger partial charge on any atom is -0.471 e. The van der Waals surface area contributed by atoms with Gasteiger partial charge in [-0.05, 0) is 19.1 Å². The first kappa shape index (κ1) is 18.4. The predicted octanol–water partition coefficient (Wildman–Crippen LogP) is 1.77. The molecule has 0 radical (unpaired) electrons. The lowest BCUT2D eigenvalue weighted by molar-refractivity contribution is 0.0519. The van der Waals surface area contributed by atoms with Crippen molar-refractivity contribution in [2.75, 3.05) is 13.7 Å². The van der Waals surface area contributed by atoms with E-state index in [2.05, 4.69) is 19.9 Å². The lowest BCUT2D eigenvalue weighted by atomic mass is 10.2. The molecule has 0 amide bonds. The van der Waals surface area contributed by atoms with E-state index in [1.807, 2.05) is 0 Å². The smallest absolute Gasteiger partial charge is 0.345 e. The van der Waals surface area contributed by atoms with Crippen LogP contribution in [0.1, 0.15) is 33.3 Å². The Morgan fingerprint density at radius 2 is 2.04 bits per heavy atom. The zero-order valence-corrected chi connectivity index (χ0v) is 13.4. The van der Waals surface area contributed by atoms with E-state index in [4.69, 9.17) is 9.47 Å². The zero-order chi connectivity index (χ0) is 15.9. The van der Waals surface area contributed by atoms with Gasteiger partial charge in [-0.3, -0.25) is 4.98 Å². The molecule has 9 heteroatoms. The van der Waals surface area contributed by atoms with Crippen molar-refractivity contribution in [3.8, 4) is 5.88 Å². The zero-order valence-electron chi connectivity index (χ0n) is 12.6. The highest BCUT2D eigenvalue weighted by Gasteiger charge is 2.18. The number of rotatable bonds is 6. The number of carbonyl (C=O) groups excluding carboxylic acids is 2. The second-order valence-corrected chi connectivity index (χ2v) is 4.11. The van der Waals surface area contributed by atoms with Gasteiger partial charge in [-0.15, -0.1) is 12.4 Å². The number of esters is 2. The van der Waals surface area contributed by atoms with E-state index in [0.717, 1.165) is 0 Å². The first-order valence-corrected chi connectivity index (χ1v) is 6.52. The summed E-state index contributed by atoms with van der Waals surface area (Å²) in [6.07, 6.45) is 2.84. The van der Waals surface area contributed by atoms with Crippen molar-refractivity contribution in [1.82, 2.24) is 15.2 Å². The summed E-state index contributed by atoms with van der Waals surface area (Å²) in [5.41, 5.74) is 0.860. The molecule has 8 nitrogen and oxygen atoms in total. The van der Waals surface area contributed by atoms with Crippen LogP contribution in [0.5, 0.6) is 5.88 Å². The van der Waals surface area contributed by atoms with E-state index in [1.54, 1.807) is 19.1 Å². The van der Waals surface area contributed by atoms with Crippen LogP contribution < -0.4 is 4.74 Å². The average Bonchev–Trinajstić information content (AvgIpc) is 3.01. The minimum absolute atomic E-state index is 0. The Hall–Kier alpha value is -2.61. The van der Waals surface area contributed by atoms with Crippen LogP contribution in [0.25, 0.3) is 0 Å². The van der Waals surface area contributed by atoms with Gasteiger partial charge in [-0.1, -0.05) is 0 Å². The number of ether oxygens (including phenoxy) is 3. The molecule has 2 heterocycles. The number of nitrogens with zero attached hydrogens (tertiary/aromatic N) is 2. The van der Waals surface area contributed by atoms with E-state index in [1.165, 1.54) is 19.5 Å². The van der Waals surface area contributed by atoms with Gasteiger partial charge in [0.25, 0.3) is 0 Å². The standard InChI is InChI=1S/C14H15N3O5.ClH/c1-3-21-14(19)10-7-16-17-12(10)22-8-11-9(13(18)20-2)5-4-6-15-11;/h4-7H,3,8H2,1-2H3,(H,16,17);1H. The molecule has 0 unspecified atom stereocenters. The van der Waals surface area contributed by atoms with Crippen molar-refractivity contribution in [2.24, 2.45) is 0 Å². The lowest BCUT2D eigenvalue weighted by Gasteiger charge is -2.08. The van der Waals surface area contributed by atoms with Gasteiger partial charge in [-0.25, -0.2) is 14.7 Å². The average molecular weight is 342 g/mol. The SMILES string of the molecule is CCOC(=O)c1cn[nH]c1OCc1ncccc1C(=O)OC.Cl. The molecule has 2 rings (SSSR count). The van der Waals surface area contributed by atoms with Gasteiger partial charge >= 0.3 is 11.9 Å². The molecule has 0 fully saturated rings. The fourth-order valence-corrected chi connectivity index (χ4v) is 1.73. The molecule has 0 aromatic carbocycles. The molecule has 0 aliphatic carbocycles. The topological polar surface area (TPSA) is 103 Å². The second-order valence-electron chi connectivity index (χ2n) is 4.11. The Balaban J connectivity index is 0.00000264. The van der Waals surface area contributed by atoms with Crippen LogP contribution in [0, 0.1) is 0 Å². The van der Waals surface area contributed by atoms with E-state index >= 15 is 0 Å². The van der Waals surface area contributed by atoms with E-state index in [-0.39, 0.29) is 37.1 Å². The number of hydrogen-bond acceptors (Lipinski definition) is 7. The summed E-state index contributed by atoms with van der Waals surface area (Å²) in [4.78, 5) is 27.4. The molecule has 124 valence electrons. The molecule has 0 atom stereocenters. The quantitative estimate of drug-likeness (QED) is 0.798. The highest BCUT2D eigenvalue weighted by atomic mass is 35.5. The summed E-state index contributed by atoms with van der Waals surface area (Å²) in [6.45, 7) is 1.92. The van der Waals surface area contributed by atoms with Gasteiger partial charge in [0.1, 0.15) is 12.2 Å². The fraction of sp³-hybridized carbons (Fsp3) is 0.286. The second kappa shape index (κ2) is 8.74. The summed E-state index contributed by atoms with van der Waals surface area (Å²) >= 11 is 0. The minimum atomic E-state index is -0.541. The number of methoxy groups -OCH3 is 1. The highest BCUT2D eigenvalue weighted by Crippen LogP contribution is 2.17. The van der Waals surface area contributed by atoms with Crippen molar-refractivity contribution in [3.63, 3.8) is 0 Å². The van der Waals surface area contributed by atoms with Crippen LogP contribution in [0.15, 0.2) is 24.5 Å². The first-order chi connectivity index (χ1) is 10.7. The summed E-state index contributed by atoms with van der Waals surface area (Å²) in [5, 5.41) is 6.31. The number of halogens is 1. The van der Waals surface area contributed by atoms with Gasteiger partial charge in [0.15, 0.2) is 0 Å². The normalized spacial score (nSPS) is 9.65. The number of pyridine rings is 1. The van der Waals surface area contributed by atoms with E-state index in [0.29, 0.717) is 11.3 Å². The van der Waals surface area contributed by atoms with Crippen molar-refractivity contribution in [1.29, 1.82) is 0 Å². The Morgan fingerprint density at radius 3 is 2.74 bits per heavy atom. The Bertz CT molecular complexity index is 674. The van der Waals surface area contributed by atoms with Gasteiger partial charge < -0.3 is 14.2 Å². The monoisotopic (exact) mass is 341 g/mol. The fourth-order valence-electron chi connectivity index (χ4n) is 1.73. The number of aromatic amines is 1. The number of carbonyl (C=O) groups is 2. The predicted molar refractivity (Wildman–Crippen MR) is 81.7 cm³/mol. The molecule has 0 aliphatic heterocycles. The van der Waals surface area contributed by atoms with Crippen LogP contribution in [-0.2, 0) is 16.1 Å². The van der Waals surface area contributed by atoms with Crippen molar-refractivity contribution < 1.29 is 23.8 Å². The first-order valence-electron chi connectivity index (χ1n) is 6.52. The number of aromatic nitrogens is 3. The summed E-state index contributed by atoms with van der Waals surface area (Å²) in [7, 11) is 1.29. The van der Waals surface area contributed by atoms with Crippen molar-refractivity contribution in [2.45, 2.75) is 13.5 Å². The third-order valence-corrected chi connectivity index (χ3v) is 2.75. The number of hydrogen-bond donors (Lipinski definition) is 1. The Labute approximate surface area is 138 Å². The summed E-state index contributed by atoms with van der Waals surface area (Å²) in [6, 6.07) is 3.20. The lowest BCUT2D eigenvalue weighted by Crippen LogP contribution is -2.11. The summed E-state index contributed by atoms with van der Waals surface area (Å²) in [5.74, 6) is -0.901. The molecule has 0 spiro atoms. The molecule has 1 N–H and O–H groups in total. The highest BCUT2D eigenvalue weighted by molar-refractivity contribution is 5.91. The van der Waals surface area contributed by atoms with E-state index < -0.39 is 11.9 Å².